The van der Waals surface area contributed by atoms with Crippen LogP contribution in [0, 0.1) is 0 Å². The Labute approximate surface area is 143 Å². The van der Waals surface area contributed by atoms with Crippen molar-refractivity contribution in [2.45, 2.75) is 58.8 Å². The van der Waals surface area contributed by atoms with Gasteiger partial charge in [-0.25, -0.2) is 0 Å². The molecule has 0 saturated carbocycles. The number of esters is 1. The molecule has 0 aliphatic heterocycles. The number of hydrogen-bond acceptors (Lipinski definition) is 4. The van der Waals surface area contributed by atoms with Gasteiger partial charge < -0.3 is 9.64 Å². The highest BCUT2D eigenvalue weighted by molar-refractivity contribution is 7.09. The zero-order valence-corrected chi connectivity index (χ0v) is 15.2. The summed E-state index contributed by atoms with van der Waals surface area (Å²) < 4.78 is 5.22. The van der Waals surface area contributed by atoms with E-state index in [9.17, 15) is 9.59 Å². The predicted octanol–water partition coefficient (Wildman–Crippen LogP) is 4.04. The third kappa shape index (κ3) is 8.74. The number of ether oxygens (including phenoxy) is 1. The number of carbonyl (C=O) groups is 2. The lowest BCUT2D eigenvalue weighted by molar-refractivity contribution is -0.144. The summed E-state index contributed by atoms with van der Waals surface area (Å²) in [5, 5.41) is 2.05. The zero-order valence-electron chi connectivity index (χ0n) is 14.4. The molecule has 0 radical (unpaired) electrons. The number of amides is 1. The first kappa shape index (κ1) is 19.7. The average molecular weight is 340 g/mol. The lowest BCUT2D eigenvalue weighted by Crippen LogP contribution is -2.32. The lowest BCUT2D eigenvalue weighted by Gasteiger charge is -2.21. The van der Waals surface area contributed by atoms with E-state index < -0.39 is 0 Å². The second kappa shape index (κ2) is 12.1. The highest BCUT2D eigenvalue weighted by Gasteiger charge is 2.12. The Balaban J connectivity index is 2.09. The van der Waals surface area contributed by atoms with Crippen LogP contribution >= 0.6 is 11.3 Å². The Kier molecular flexibility index (Phi) is 10.4. The molecule has 1 amide bonds. The molecular weight excluding hydrogens is 310 g/mol. The topological polar surface area (TPSA) is 46.6 Å². The maximum absolute atomic E-state index is 12.1. The maximum atomic E-state index is 12.1. The van der Waals surface area contributed by atoms with Gasteiger partial charge in [-0.15, -0.1) is 11.3 Å². The van der Waals surface area contributed by atoms with Gasteiger partial charge in [0.2, 0.25) is 5.91 Å². The molecule has 0 aliphatic carbocycles. The largest absolute Gasteiger partial charge is 0.466 e. The van der Waals surface area contributed by atoms with E-state index in [1.54, 1.807) is 11.3 Å². The fraction of sp³-hybridized carbons (Fsp3) is 0.667. The first-order chi connectivity index (χ1) is 11.2. The van der Waals surface area contributed by atoms with Crippen molar-refractivity contribution >= 4 is 23.2 Å². The fourth-order valence-corrected chi connectivity index (χ4v) is 3.15. The van der Waals surface area contributed by atoms with Gasteiger partial charge in [0.05, 0.1) is 6.61 Å². The Hall–Kier alpha value is -1.36. The normalized spacial score (nSPS) is 10.5. The number of rotatable bonds is 12. The number of thiophene rings is 1. The first-order valence-corrected chi connectivity index (χ1v) is 9.51. The summed E-state index contributed by atoms with van der Waals surface area (Å²) in [6, 6.07) is 4.12. The standard InChI is InChI=1S/C18H29NO3S/c1-3-12-19(13-4-2)17(20)10-5-11-18(21)22-14-6-8-16-9-7-15-23-16/h7,9,15H,3-6,8,10-14H2,1-2H3. The van der Waals surface area contributed by atoms with E-state index >= 15 is 0 Å². The van der Waals surface area contributed by atoms with Crippen molar-refractivity contribution in [1.82, 2.24) is 4.90 Å². The van der Waals surface area contributed by atoms with Crippen LogP contribution in [0.1, 0.15) is 57.2 Å². The van der Waals surface area contributed by atoms with Gasteiger partial charge in [0, 0.05) is 30.8 Å². The van der Waals surface area contributed by atoms with Crippen LogP contribution in [0.25, 0.3) is 0 Å². The molecule has 0 fully saturated rings. The van der Waals surface area contributed by atoms with Gasteiger partial charge >= 0.3 is 5.97 Å². The van der Waals surface area contributed by atoms with Gasteiger partial charge in [0.1, 0.15) is 0 Å². The van der Waals surface area contributed by atoms with Gasteiger partial charge in [-0.05, 0) is 43.6 Å². The number of aryl methyl sites for hydroxylation is 1. The summed E-state index contributed by atoms with van der Waals surface area (Å²) in [6.45, 7) is 6.22. The van der Waals surface area contributed by atoms with E-state index in [2.05, 4.69) is 25.3 Å². The smallest absolute Gasteiger partial charge is 0.305 e. The van der Waals surface area contributed by atoms with Crippen molar-refractivity contribution in [1.29, 1.82) is 0 Å². The van der Waals surface area contributed by atoms with Crippen molar-refractivity contribution in [3.8, 4) is 0 Å². The molecule has 0 atom stereocenters. The highest BCUT2D eigenvalue weighted by Crippen LogP contribution is 2.11. The number of hydrogen-bond donors (Lipinski definition) is 0. The van der Waals surface area contributed by atoms with Crippen LogP contribution in [-0.2, 0) is 20.7 Å². The molecule has 4 nitrogen and oxygen atoms in total. The van der Waals surface area contributed by atoms with Gasteiger partial charge in [-0.1, -0.05) is 19.9 Å². The molecule has 1 aromatic rings. The highest BCUT2D eigenvalue weighted by atomic mass is 32.1. The Morgan fingerprint density at radius 1 is 1.13 bits per heavy atom. The van der Waals surface area contributed by atoms with Crippen LogP contribution < -0.4 is 0 Å². The van der Waals surface area contributed by atoms with Gasteiger partial charge in [-0.2, -0.15) is 0 Å². The molecular formula is C18H29NO3S. The van der Waals surface area contributed by atoms with E-state index in [1.165, 1.54) is 4.88 Å². The summed E-state index contributed by atoms with van der Waals surface area (Å²) in [5.74, 6) is -0.0410. The average Bonchev–Trinajstić information content (AvgIpc) is 3.04. The van der Waals surface area contributed by atoms with Crippen molar-refractivity contribution < 1.29 is 14.3 Å². The van der Waals surface area contributed by atoms with E-state index in [1.807, 2.05) is 11.0 Å². The molecule has 0 bridgehead atoms. The molecule has 0 spiro atoms. The molecule has 0 aliphatic rings. The second-order valence-corrected chi connectivity index (χ2v) is 6.67. The van der Waals surface area contributed by atoms with Crippen LogP contribution in [0.5, 0.6) is 0 Å². The molecule has 1 rings (SSSR count). The quantitative estimate of drug-likeness (QED) is 0.426. The van der Waals surface area contributed by atoms with E-state index in [-0.39, 0.29) is 11.9 Å². The number of carbonyl (C=O) groups excluding carboxylic acids is 2. The van der Waals surface area contributed by atoms with Gasteiger partial charge in [0.15, 0.2) is 0 Å². The SMILES string of the molecule is CCCN(CCC)C(=O)CCCC(=O)OCCCc1cccs1. The third-order valence-corrected chi connectivity index (χ3v) is 4.46. The molecule has 0 aromatic carbocycles. The zero-order chi connectivity index (χ0) is 16.9. The van der Waals surface area contributed by atoms with Gasteiger partial charge in [-0.3, -0.25) is 9.59 Å². The van der Waals surface area contributed by atoms with Crippen LogP contribution in [0.4, 0.5) is 0 Å². The minimum absolute atomic E-state index is 0.152. The summed E-state index contributed by atoms with van der Waals surface area (Å²) in [4.78, 5) is 26.9. The molecule has 1 aromatic heterocycles. The van der Waals surface area contributed by atoms with Crippen molar-refractivity contribution in [2.24, 2.45) is 0 Å². The van der Waals surface area contributed by atoms with Crippen molar-refractivity contribution in [2.75, 3.05) is 19.7 Å². The van der Waals surface area contributed by atoms with E-state index in [4.69, 9.17) is 4.74 Å². The maximum Gasteiger partial charge on any atom is 0.305 e. The minimum Gasteiger partial charge on any atom is -0.466 e. The molecule has 0 unspecified atom stereocenters. The first-order valence-electron chi connectivity index (χ1n) is 8.63. The van der Waals surface area contributed by atoms with Crippen LogP contribution in [0.3, 0.4) is 0 Å². The minimum atomic E-state index is -0.193. The molecule has 0 saturated heterocycles. The Morgan fingerprint density at radius 3 is 2.48 bits per heavy atom. The molecule has 5 heteroatoms. The number of nitrogens with zero attached hydrogens (tertiary/aromatic N) is 1. The van der Waals surface area contributed by atoms with E-state index in [0.717, 1.165) is 38.8 Å². The predicted molar refractivity (Wildman–Crippen MR) is 94.6 cm³/mol. The summed E-state index contributed by atoms with van der Waals surface area (Å²) in [6.07, 6.45) is 5.09. The lowest BCUT2D eigenvalue weighted by atomic mass is 10.2. The molecule has 23 heavy (non-hydrogen) atoms. The molecule has 130 valence electrons. The summed E-state index contributed by atoms with van der Waals surface area (Å²) >= 11 is 1.73. The Bertz CT molecular complexity index is 439. The van der Waals surface area contributed by atoms with Gasteiger partial charge in [0.25, 0.3) is 0 Å². The van der Waals surface area contributed by atoms with Crippen LogP contribution in [-0.4, -0.2) is 36.5 Å². The van der Waals surface area contributed by atoms with E-state index in [0.29, 0.717) is 25.9 Å². The van der Waals surface area contributed by atoms with Crippen LogP contribution in [0.15, 0.2) is 17.5 Å². The van der Waals surface area contributed by atoms with Crippen molar-refractivity contribution in [3.63, 3.8) is 0 Å². The second-order valence-electron chi connectivity index (χ2n) is 5.64. The van der Waals surface area contributed by atoms with Crippen LogP contribution in [0.2, 0.25) is 0 Å². The summed E-state index contributed by atoms with van der Waals surface area (Å²) in [7, 11) is 0. The summed E-state index contributed by atoms with van der Waals surface area (Å²) in [5.41, 5.74) is 0. The molecule has 1 heterocycles. The third-order valence-electron chi connectivity index (χ3n) is 3.52. The Morgan fingerprint density at radius 2 is 1.87 bits per heavy atom. The monoisotopic (exact) mass is 339 g/mol. The fourth-order valence-electron chi connectivity index (χ4n) is 2.40. The molecule has 0 N–H and O–H groups in total. The van der Waals surface area contributed by atoms with Crippen molar-refractivity contribution in [3.05, 3.63) is 22.4 Å².